The molecular formula is C23H24N4O3. The van der Waals surface area contributed by atoms with E-state index in [0.717, 1.165) is 60.4 Å². The SMILES string of the molecule is COc1ccc(CC(=O)Nc2ccc(-c3ccc(N4CCOCC4)nn3)cc2)cc1. The lowest BCUT2D eigenvalue weighted by molar-refractivity contribution is -0.115. The van der Waals surface area contributed by atoms with Crippen LogP contribution in [0.2, 0.25) is 0 Å². The minimum Gasteiger partial charge on any atom is -0.497 e. The highest BCUT2D eigenvalue weighted by atomic mass is 16.5. The zero-order valence-corrected chi connectivity index (χ0v) is 16.9. The van der Waals surface area contributed by atoms with Crippen LogP contribution in [0.4, 0.5) is 11.5 Å². The maximum Gasteiger partial charge on any atom is 0.228 e. The molecule has 4 rings (SSSR count). The average molecular weight is 404 g/mol. The van der Waals surface area contributed by atoms with Crippen LogP contribution in [0, 0.1) is 0 Å². The molecule has 1 amide bonds. The Morgan fingerprint density at radius 3 is 2.37 bits per heavy atom. The van der Waals surface area contributed by atoms with E-state index in [2.05, 4.69) is 20.4 Å². The van der Waals surface area contributed by atoms with Crippen molar-refractivity contribution in [2.45, 2.75) is 6.42 Å². The summed E-state index contributed by atoms with van der Waals surface area (Å²) in [6.45, 7) is 3.10. The third-order valence-electron chi connectivity index (χ3n) is 4.97. The average Bonchev–Trinajstić information content (AvgIpc) is 2.81. The highest BCUT2D eigenvalue weighted by Gasteiger charge is 2.13. The Hall–Kier alpha value is -3.45. The van der Waals surface area contributed by atoms with Crippen molar-refractivity contribution < 1.29 is 14.3 Å². The summed E-state index contributed by atoms with van der Waals surface area (Å²) in [6, 6.07) is 19.0. The van der Waals surface area contributed by atoms with Gasteiger partial charge in [0.2, 0.25) is 5.91 Å². The Bertz CT molecular complexity index is 967. The van der Waals surface area contributed by atoms with Crippen LogP contribution in [-0.2, 0) is 16.0 Å². The van der Waals surface area contributed by atoms with Gasteiger partial charge in [-0.25, -0.2) is 0 Å². The van der Waals surface area contributed by atoms with E-state index in [1.54, 1.807) is 7.11 Å². The number of benzene rings is 2. The second-order valence-electron chi connectivity index (χ2n) is 7.03. The molecule has 1 aliphatic rings. The van der Waals surface area contributed by atoms with E-state index < -0.39 is 0 Å². The van der Waals surface area contributed by atoms with Crippen molar-refractivity contribution in [2.24, 2.45) is 0 Å². The first-order chi connectivity index (χ1) is 14.7. The molecule has 0 unspecified atom stereocenters. The number of rotatable bonds is 6. The lowest BCUT2D eigenvalue weighted by Crippen LogP contribution is -2.36. The monoisotopic (exact) mass is 404 g/mol. The number of hydrogen-bond acceptors (Lipinski definition) is 6. The topological polar surface area (TPSA) is 76.6 Å². The fourth-order valence-electron chi connectivity index (χ4n) is 3.30. The molecule has 2 heterocycles. The molecule has 7 nitrogen and oxygen atoms in total. The van der Waals surface area contributed by atoms with Gasteiger partial charge in [0.15, 0.2) is 5.82 Å². The van der Waals surface area contributed by atoms with Gasteiger partial charge in [0.25, 0.3) is 0 Å². The van der Waals surface area contributed by atoms with E-state index >= 15 is 0 Å². The second kappa shape index (κ2) is 9.37. The molecule has 1 aliphatic heterocycles. The van der Waals surface area contributed by atoms with Gasteiger partial charge >= 0.3 is 0 Å². The van der Waals surface area contributed by atoms with Crippen molar-refractivity contribution in [3.63, 3.8) is 0 Å². The van der Waals surface area contributed by atoms with E-state index in [1.165, 1.54) is 0 Å². The fraction of sp³-hybridized carbons (Fsp3) is 0.261. The number of methoxy groups -OCH3 is 1. The second-order valence-corrected chi connectivity index (χ2v) is 7.03. The number of ether oxygens (including phenoxy) is 2. The maximum absolute atomic E-state index is 12.3. The summed E-state index contributed by atoms with van der Waals surface area (Å²) in [5.41, 5.74) is 3.42. The molecule has 30 heavy (non-hydrogen) atoms. The van der Waals surface area contributed by atoms with Gasteiger partial charge in [0, 0.05) is 24.3 Å². The van der Waals surface area contributed by atoms with E-state index in [4.69, 9.17) is 9.47 Å². The Kier molecular flexibility index (Phi) is 6.20. The first kappa shape index (κ1) is 19.8. The molecule has 0 atom stereocenters. The van der Waals surface area contributed by atoms with Gasteiger partial charge in [-0.1, -0.05) is 24.3 Å². The molecule has 0 radical (unpaired) electrons. The van der Waals surface area contributed by atoms with E-state index in [1.807, 2.05) is 60.7 Å². The number of carbonyl (C=O) groups excluding carboxylic acids is 1. The number of aromatic nitrogens is 2. The standard InChI is InChI=1S/C23H24N4O3/c1-29-20-8-2-17(3-9-20)16-23(28)24-19-6-4-18(5-7-19)21-10-11-22(26-25-21)27-12-14-30-15-13-27/h2-11H,12-16H2,1H3,(H,24,28). The Morgan fingerprint density at radius 1 is 1.00 bits per heavy atom. The molecule has 0 bridgehead atoms. The molecule has 1 fully saturated rings. The first-order valence-electron chi connectivity index (χ1n) is 9.91. The number of carbonyl (C=O) groups is 1. The zero-order chi connectivity index (χ0) is 20.8. The molecule has 154 valence electrons. The number of hydrogen-bond donors (Lipinski definition) is 1. The number of morpholine rings is 1. The highest BCUT2D eigenvalue weighted by Crippen LogP contribution is 2.21. The van der Waals surface area contributed by atoms with Crippen molar-refractivity contribution >= 4 is 17.4 Å². The Morgan fingerprint density at radius 2 is 1.73 bits per heavy atom. The minimum atomic E-state index is -0.0671. The summed E-state index contributed by atoms with van der Waals surface area (Å²) < 4.78 is 10.5. The van der Waals surface area contributed by atoms with Crippen LogP contribution >= 0.6 is 0 Å². The summed E-state index contributed by atoms with van der Waals surface area (Å²) >= 11 is 0. The van der Waals surface area contributed by atoms with E-state index in [-0.39, 0.29) is 5.91 Å². The van der Waals surface area contributed by atoms with E-state index in [0.29, 0.717) is 6.42 Å². The molecule has 3 aromatic rings. The smallest absolute Gasteiger partial charge is 0.228 e. The van der Waals surface area contributed by atoms with Crippen LogP contribution < -0.4 is 15.0 Å². The summed E-state index contributed by atoms with van der Waals surface area (Å²) in [5, 5.41) is 11.6. The van der Waals surface area contributed by atoms with Gasteiger partial charge in [-0.05, 0) is 42.0 Å². The van der Waals surface area contributed by atoms with E-state index in [9.17, 15) is 4.79 Å². The molecule has 0 saturated carbocycles. The van der Waals surface area contributed by atoms with Crippen molar-refractivity contribution in [1.29, 1.82) is 0 Å². The van der Waals surface area contributed by atoms with Crippen molar-refractivity contribution in [2.75, 3.05) is 43.6 Å². The van der Waals surface area contributed by atoms with Gasteiger partial charge in [-0.15, -0.1) is 10.2 Å². The molecule has 7 heteroatoms. The van der Waals surface area contributed by atoms with Crippen LogP contribution in [0.3, 0.4) is 0 Å². The summed E-state index contributed by atoms with van der Waals surface area (Å²) in [5.74, 6) is 1.57. The number of nitrogens with one attached hydrogen (secondary N) is 1. The van der Waals surface area contributed by atoms with Crippen LogP contribution in [0.5, 0.6) is 5.75 Å². The lowest BCUT2D eigenvalue weighted by Gasteiger charge is -2.27. The summed E-state index contributed by atoms with van der Waals surface area (Å²) in [4.78, 5) is 14.5. The molecule has 1 N–H and O–H groups in total. The van der Waals surface area contributed by atoms with Crippen LogP contribution in [0.15, 0.2) is 60.7 Å². The Labute approximate surface area is 175 Å². The summed E-state index contributed by atoms with van der Waals surface area (Å²) in [7, 11) is 1.62. The predicted molar refractivity (Wildman–Crippen MR) is 116 cm³/mol. The molecule has 1 saturated heterocycles. The van der Waals surface area contributed by atoms with Crippen molar-refractivity contribution in [3.8, 4) is 17.0 Å². The number of amides is 1. The Balaban J connectivity index is 1.35. The van der Waals surface area contributed by atoms with Crippen LogP contribution in [-0.4, -0.2) is 49.5 Å². The molecular weight excluding hydrogens is 380 g/mol. The van der Waals surface area contributed by atoms with Crippen molar-refractivity contribution in [1.82, 2.24) is 10.2 Å². The van der Waals surface area contributed by atoms with Crippen molar-refractivity contribution in [3.05, 3.63) is 66.2 Å². The fourth-order valence-corrected chi connectivity index (χ4v) is 3.30. The highest BCUT2D eigenvalue weighted by molar-refractivity contribution is 5.92. The normalized spacial score (nSPS) is 13.7. The molecule has 2 aromatic carbocycles. The van der Waals surface area contributed by atoms with Gasteiger partial charge in [0.05, 0.1) is 32.4 Å². The molecule has 1 aromatic heterocycles. The van der Waals surface area contributed by atoms with Gasteiger partial charge in [-0.3, -0.25) is 4.79 Å². The third kappa shape index (κ3) is 4.93. The summed E-state index contributed by atoms with van der Waals surface area (Å²) in [6.07, 6.45) is 0.306. The minimum absolute atomic E-state index is 0.0671. The van der Waals surface area contributed by atoms with Crippen LogP contribution in [0.1, 0.15) is 5.56 Å². The maximum atomic E-state index is 12.3. The number of anilines is 2. The zero-order valence-electron chi connectivity index (χ0n) is 16.9. The largest absolute Gasteiger partial charge is 0.497 e. The van der Waals surface area contributed by atoms with Gasteiger partial charge in [-0.2, -0.15) is 0 Å². The lowest BCUT2D eigenvalue weighted by atomic mass is 10.1. The predicted octanol–water partition coefficient (Wildman–Crippen LogP) is 3.17. The quantitative estimate of drug-likeness (QED) is 0.680. The third-order valence-corrected chi connectivity index (χ3v) is 4.97. The van der Waals surface area contributed by atoms with Gasteiger partial charge in [0.1, 0.15) is 5.75 Å². The number of nitrogens with zero attached hydrogens (tertiary/aromatic N) is 3. The molecule has 0 aliphatic carbocycles. The first-order valence-corrected chi connectivity index (χ1v) is 9.91. The van der Waals surface area contributed by atoms with Gasteiger partial charge < -0.3 is 19.7 Å². The molecule has 0 spiro atoms. The van der Waals surface area contributed by atoms with Crippen LogP contribution in [0.25, 0.3) is 11.3 Å².